The number of carbonyl (C=O) groups excluding carboxylic acids is 1. The maximum Gasteiger partial charge on any atom is 0.328 e. The maximum atomic E-state index is 12.8. The number of hydrogen-bond acceptors (Lipinski definition) is 9. The highest BCUT2D eigenvalue weighted by atomic mass is 32.2. The molecule has 0 aliphatic carbocycles. The van der Waals surface area contributed by atoms with E-state index < -0.39 is 22.8 Å². The van der Waals surface area contributed by atoms with Crippen molar-refractivity contribution >= 4 is 22.8 Å². The number of rotatable bonds is 14. The van der Waals surface area contributed by atoms with Crippen molar-refractivity contribution in [1.29, 1.82) is 0 Å². The standard InChI is InChI=1S/C25H34N2O7S/c1-30-18-14-22(32-3)19(23(15-18)33-4)10-12-35(29)16-17-8-9-21(31-2)24(13-17)34-25(28)20(27)7-5-6-11-26/h8-10,12-15,20H,5-7,11,16,26-27H2,1-4H3. The van der Waals surface area contributed by atoms with E-state index in [2.05, 4.69) is 0 Å². The summed E-state index contributed by atoms with van der Waals surface area (Å²) in [6, 6.07) is 7.73. The van der Waals surface area contributed by atoms with Crippen molar-refractivity contribution in [3.8, 4) is 28.7 Å². The summed E-state index contributed by atoms with van der Waals surface area (Å²) in [7, 11) is 4.71. The fourth-order valence-electron chi connectivity index (χ4n) is 3.25. The second kappa shape index (κ2) is 14.3. The second-order valence-electron chi connectivity index (χ2n) is 7.57. The Morgan fingerprint density at radius 1 is 0.943 bits per heavy atom. The van der Waals surface area contributed by atoms with Gasteiger partial charge < -0.3 is 35.2 Å². The number of carbonyl (C=O) groups is 1. The lowest BCUT2D eigenvalue weighted by Crippen LogP contribution is -2.34. The first-order chi connectivity index (χ1) is 16.9. The third-order valence-corrected chi connectivity index (χ3v) is 6.22. The number of methoxy groups -OCH3 is 4. The minimum atomic E-state index is -1.38. The normalized spacial score (nSPS) is 12.7. The highest BCUT2D eigenvalue weighted by molar-refractivity contribution is 7.87. The lowest BCUT2D eigenvalue weighted by atomic mass is 10.1. The minimum absolute atomic E-state index is 0.189. The van der Waals surface area contributed by atoms with Gasteiger partial charge in [0.15, 0.2) is 11.5 Å². The van der Waals surface area contributed by atoms with E-state index >= 15 is 0 Å². The van der Waals surface area contributed by atoms with Gasteiger partial charge in [0.05, 0.1) is 50.6 Å². The van der Waals surface area contributed by atoms with E-state index in [0.29, 0.717) is 47.1 Å². The number of nitrogens with two attached hydrogens (primary N) is 2. The molecule has 0 spiro atoms. The molecule has 2 aromatic rings. The molecule has 0 saturated heterocycles. The topological polar surface area (TPSA) is 132 Å². The van der Waals surface area contributed by atoms with E-state index in [1.807, 2.05) is 0 Å². The van der Waals surface area contributed by atoms with Crippen molar-refractivity contribution in [2.24, 2.45) is 11.5 Å². The highest BCUT2D eigenvalue weighted by Crippen LogP contribution is 2.35. The Morgan fingerprint density at radius 2 is 1.60 bits per heavy atom. The van der Waals surface area contributed by atoms with Gasteiger partial charge in [-0.05, 0) is 43.2 Å². The lowest BCUT2D eigenvalue weighted by molar-refractivity contribution is -0.136. The van der Waals surface area contributed by atoms with Crippen molar-refractivity contribution in [3.63, 3.8) is 0 Å². The molecule has 0 aromatic heterocycles. The maximum absolute atomic E-state index is 12.8. The molecule has 2 atom stereocenters. The van der Waals surface area contributed by atoms with Gasteiger partial charge in [0.25, 0.3) is 0 Å². The van der Waals surface area contributed by atoms with E-state index in [0.717, 1.165) is 12.8 Å². The van der Waals surface area contributed by atoms with Crippen LogP contribution < -0.4 is 35.2 Å². The zero-order chi connectivity index (χ0) is 25.8. The third-order valence-electron chi connectivity index (χ3n) is 5.16. The molecule has 0 aliphatic rings. The zero-order valence-corrected chi connectivity index (χ0v) is 21.4. The molecule has 0 bridgehead atoms. The molecule has 2 rings (SSSR count). The first-order valence-electron chi connectivity index (χ1n) is 11.1. The molecular formula is C25H34N2O7S. The van der Waals surface area contributed by atoms with Crippen LogP contribution in [0.25, 0.3) is 6.08 Å². The molecule has 4 N–H and O–H groups in total. The number of hydrogen-bond donors (Lipinski definition) is 2. The Hall–Kier alpha value is -3.08. The van der Waals surface area contributed by atoms with E-state index in [1.165, 1.54) is 21.3 Å². The van der Waals surface area contributed by atoms with Crippen LogP contribution in [0.3, 0.4) is 0 Å². The Labute approximate surface area is 208 Å². The summed E-state index contributed by atoms with van der Waals surface area (Å²) in [6.45, 7) is 0.543. The van der Waals surface area contributed by atoms with Crippen LogP contribution in [-0.4, -0.2) is 51.2 Å². The molecule has 2 unspecified atom stereocenters. The van der Waals surface area contributed by atoms with Gasteiger partial charge in [0.2, 0.25) is 0 Å². The van der Waals surface area contributed by atoms with Crippen molar-refractivity contribution in [1.82, 2.24) is 0 Å². The molecule has 0 amide bonds. The molecule has 192 valence electrons. The summed E-state index contributed by atoms with van der Waals surface area (Å²) >= 11 is 0. The van der Waals surface area contributed by atoms with Gasteiger partial charge in [-0.25, -0.2) is 4.79 Å². The Morgan fingerprint density at radius 3 is 2.17 bits per heavy atom. The summed E-state index contributed by atoms with van der Waals surface area (Å²) in [5, 5.41) is 1.55. The summed E-state index contributed by atoms with van der Waals surface area (Å²) in [6.07, 6.45) is 3.68. The van der Waals surface area contributed by atoms with E-state index in [1.54, 1.807) is 48.9 Å². The monoisotopic (exact) mass is 506 g/mol. The second-order valence-corrected chi connectivity index (χ2v) is 8.89. The first kappa shape index (κ1) is 28.2. The van der Waals surface area contributed by atoms with E-state index in [-0.39, 0.29) is 11.5 Å². The smallest absolute Gasteiger partial charge is 0.328 e. The molecule has 0 fully saturated rings. The largest absolute Gasteiger partial charge is 0.496 e. The Balaban J connectivity index is 2.15. The van der Waals surface area contributed by atoms with Crippen molar-refractivity contribution in [2.75, 3.05) is 35.0 Å². The third kappa shape index (κ3) is 8.27. The van der Waals surface area contributed by atoms with Crippen LogP contribution in [0.4, 0.5) is 0 Å². The van der Waals surface area contributed by atoms with Crippen molar-refractivity contribution < 1.29 is 32.7 Å². The summed E-state index contributed by atoms with van der Waals surface area (Å²) in [5.41, 5.74) is 12.7. The lowest BCUT2D eigenvalue weighted by Gasteiger charge is -2.14. The number of esters is 1. The molecule has 10 heteroatoms. The molecule has 0 saturated carbocycles. The van der Waals surface area contributed by atoms with Crippen LogP contribution in [0.15, 0.2) is 35.7 Å². The van der Waals surface area contributed by atoms with Crippen LogP contribution in [-0.2, 0) is 21.3 Å². The molecule has 9 nitrogen and oxygen atoms in total. The Bertz CT molecular complexity index is 1020. The molecule has 0 heterocycles. The van der Waals surface area contributed by atoms with Gasteiger partial charge in [0, 0.05) is 17.5 Å². The average Bonchev–Trinajstić information content (AvgIpc) is 2.87. The van der Waals surface area contributed by atoms with E-state index in [9.17, 15) is 9.00 Å². The number of unbranched alkanes of at least 4 members (excludes halogenated alkanes) is 1. The molecule has 0 aliphatic heterocycles. The summed E-state index contributed by atoms with van der Waals surface area (Å²) in [5.74, 6) is 1.86. The van der Waals surface area contributed by atoms with Crippen LogP contribution in [0.5, 0.6) is 28.7 Å². The predicted molar refractivity (Wildman–Crippen MR) is 136 cm³/mol. The Kier molecular flexibility index (Phi) is 11.5. The molecule has 2 aromatic carbocycles. The van der Waals surface area contributed by atoms with Gasteiger partial charge in [0.1, 0.15) is 23.3 Å². The van der Waals surface area contributed by atoms with Gasteiger partial charge in [-0.2, -0.15) is 0 Å². The molecule has 35 heavy (non-hydrogen) atoms. The van der Waals surface area contributed by atoms with Crippen LogP contribution in [0, 0.1) is 0 Å². The fourth-order valence-corrected chi connectivity index (χ4v) is 4.15. The molecule has 0 radical (unpaired) electrons. The number of ether oxygens (including phenoxy) is 5. The van der Waals surface area contributed by atoms with Crippen molar-refractivity contribution in [2.45, 2.75) is 31.1 Å². The SMILES string of the molecule is COc1cc(OC)c(C=CS(=O)Cc2ccc(OC)c(OC(=O)C(N)CCCCN)c2)c(OC)c1. The van der Waals surface area contributed by atoms with Gasteiger partial charge in [-0.1, -0.05) is 12.5 Å². The predicted octanol–water partition coefficient (Wildman–Crippen LogP) is 3.00. The van der Waals surface area contributed by atoms with Crippen molar-refractivity contribution in [3.05, 3.63) is 46.9 Å². The summed E-state index contributed by atoms with van der Waals surface area (Å²) < 4.78 is 39.7. The quantitative estimate of drug-likeness (QED) is 0.225. The summed E-state index contributed by atoms with van der Waals surface area (Å²) in [4.78, 5) is 12.4. The minimum Gasteiger partial charge on any atom is -0.496 e. The van der Waals surface area contributed by atoms with Crippen LogP contribution >= 0.6 is 0 Å². The van der Waals surface area contributed by atoms with E-state index in [4.69, 9.17) is 35.2 Å². The molecular weight excluding hydrogens is 472 g/mol. The van der Waals surface area contributed by atoms with Crippen LogP contribution in [0.1, 0.15) is 30.4 Å². The van der Waals surface area contributed by atoms with Gasteiger partial charge in [-0.15, -0.1) is 0 Å². The average molecular weight is 507 g/mol. The highest BCUT2D eigenvalue weighted by Gasteiger charge is 2.18. The first-order valence-corrected chi connectivity index (χ1v) is 12.4. The van der Waals surface area contributed by atoms with Crippen LogP contribution in [0.2, 0.25) is 0 Å². The fraction of sp³-hybridized carbons (Fsp3) is 0.400. The number of benzene rings is 2. The van der Waals surface area contributed by atoms with Gasteiger partial charge in [-0.3, -0.25) is 4.21 Å². The zero-order valence-electron chi connectivity index (χ0n) is 20.6. The van der Waals surface area contributed by atoms with Gasteiger partial charge >= 0.3 is 5.97 Å².